The molecule has 40 heavy (non-hydrogen) atoms. The summed E-state index contributed by atoms with van der Waals surface area (Å²) in [5, 5.41) is 5.56. The van der Waals surface area contributed by atoms with Gasteiger partial charge in [0, 0.05) is 60.7 Å². The maximum Gasteiger partial charge on any atom is 0.522 e. The van der Waals surface area contributed by atoms with Crippen molar-refractivity contribution in [1.82, 2.24) is 20.4 Å². The molecule has 14 heteroatoms. The molecule has 3 heterocycles. The number of fused-ring (bicyclic) bond motifs is 1. The Bertz CT molecular complexity index is 1010. The lowest BCUT2D eigenvalue weighted by Gasteiger charge is -2.45. The second kappa shape index (κ2) is 12.2. The summed E-state index contributed by atoms with van der Waals surface area (Å²) in [7, 11) is 0. The Kier molecular flexibility index (Phi) is 9.08. The number of rotatable bonds is 5. The van der Waals surface area contributed by atoms with Crippen LogP contribution < -0.4 is 10.6 Å². The summed E-state index contributed by atoms with van der Waals surface area (Å²) in [6, 6.07) is -1.98. The van der Waals surface area contributed by atoms with Crippen molar-refractivity contribution in [2.75, 3.05) is 39.4 Å². The zero-order valence-electron chi connectivity index (χ0n) is 22.0. The molecule has 5 rings (SSSR count). The van der Waals surface area contributed by atoms with E-state index in [1.807, 2.05) is 4.90 Å². The molecule has 0 radical (unpaired) electrons. The Morgan fingerprint density at radius 3 is 2.60 bits per heavy atom. The van der Waals surface area contributed by atoms with Crippen LogP contribution in [0.1, 0.15) is 38.5 Å². The van der Waals surface area contributed by atoms with Crippen molar-refractivity contribution in [1.29, 1.82) is 0 Å². The highest BCUT2D eigenvalue weighted by molar-refractivity contribution is 9.09. The van der Waals surface area contributed by atoms with Crippen LogP contribution in [0.3, 0.4) is 0 Å². The molecule has 3 aliphatic heterocycles. The fraction of sp³-hybridized carbons (Fsp3) is 0.808. The first kappa shape index (κ1) is 29.7. The molecule has 2 saturated carbocycles. The second-order valence-electron chi connectivity index (χ2n) is 11.3. The van der Waals surface area contributed by atoms with Crippen molar-refractivity contribution in [3.8, 4) is 0 Å². The zero-order valence-corrected chi connectivity index (χ0v) is 23.6. The second-order valence-corrected chi connectivity index (χ2v) is 12.6. The maximum atomic E-state index is 14.5. The van der Waals surface area contributed by atoms with Crippen LogP contribution in [0.5, 0.6) is 0 Å². The summed E-state index contributed by atoms with van der Waals surface area (Å²) < 4.78 is 64.8. The van der Waals surface area contributed by atoms with Crippen molar-refractivity contribution in [3.05, 3.63) is 11.6 Å². The van der Waals surface area contributed by atoms with E-state index in [1.54, 1.807) is 4.90 Å². The number of hydrogen-bond acceptors (Lipinski definition) is 6. The standard InChI is InChI=1S/C26H35BrF4N4O5/c27-14-10-18(25(38)34-6-8-39-9-7-34)23(20(11-14)40-26(29,30)31)35-5-4-15(13-35)32-24(37)17-12-21(36)33-22-16(17)2-1-3-19(22)28/h12,14-16,18-20,22-23H,1-11,13H2,(H,32,37)(H,33,36)/t14?,15-,16?,18?,19?,20?,22?,23?/m1/s1. The number of ether oxygens (including phenoxy) is 2. The predicted octanol–water partition coefficient (Wildman–Crippen LogP) is 2.05. The first-order valence-electron chi connectivity index (χ1n) is 14.0. The minimum Gasteiger partial charge on any atom is -0.378 e. The highest BCUT2D eigenvalue weighted by Gasteiger charge is 2.51. The molecule has 5 aliphatic rings. The van der Waals surface area contributed by atoms with E-state index >= 15 is 0 Å². The van der Waals surface area contributed by atoms with Crippen molar-refractivity contribution in [2.45, 2.75) is 80.1 Å². The van der Waals surface area contributed by atoms with Gasteiger partial charge in [0.25, 0.3) is 0 Å². The lowest BCUT2D eigenvalue weighted by molar-refractivity contribution is -0.351. The summed E-state index contributed by atoms with van der Waals surface area (Å²) >= 11 is 3.45. The van der Waals surface area contributed by atoms with Gasteiger partial charge in [-0.25, -0.2) is 4.39 Å². The summed E-state index contributed by atoms with van der Waals surface area (Å²) in [6.07, 6.45) is -3.72. The fourth-order valence-corrected chi connectivity index (χ4v) is 7.79. The van der Waals surface area contributed by atoms with Gasteiger partial charge in [-0.15, -0.1) is 13.2 Å². The summed E-state index contributed by atoms with van der Waals surface area (Å²) in [6.45, 7) is 2.10. The number of likely N-dealkylation sites (tertiary alicyclic amines) is 1. The molecular formula is C26H35BrF4N4O5. The molecule has 0 aromatic rings. The van der Waals surface area contributed by atoms with Crippen LogP contribution in [0.2, 0.25) is 0 Å². The largest absolute Gasteiger partial charge is 0.522 e. The van der Waals surface area contributed by atoms with Crippen LogP contribution in [-0.4, -0.2) is 109 Å². The summed E-state index contributed by atoms with van der Waals surface area (Å²) in [5.74, 6) is -2.34. The van der Waals surface area contributed by atoms with Crippen LogP contribution in [0.4, 0.5) is 17.6 Å². The third kappa shape index (κ3) is 6.65. The van der Waals surface area contributed by atoms with Crippen LogP contribution >= 0.6 is 15.9 Å². The van der Waals surface area contributed by atoms with Gasteiger partial charge in [-0.3, -0.25) is 24.0 Å². The van der Waals surface area contributed by atoms with E-state index in [4.69, 9.17) is 4.74 Å². The number of carbonyl (C=O) groups is 3. The molecule has 0 aromatic heterocycles. The van der Waals surface area contributed by atoms with E-state index in [0.717, 1.165) is 0 Å². The Labute approximate surface area is 238 Å². The molecule has 224 valence electrons. The van der Waals surface area contributed by atoms with E-state index in [9.17, 15) is 31.9 Å². The van der Waals surface area contributed by atoms with Crippen LogP contribution in [0.25, 0.3) is 0 Å². The van der Waals surface area contributed by atoms with E-state index in [1.165, 1.54) is 6.08 Å². The van der Waals surface area contributed by atoms with E-state index in [0.29, 0.717) is 65.0 Å². The van der Waals surface area contributed by atoms with Gasteiger partial charge in [0.05, 0.1) is 31.3 Å². The van der Waals surface area contributed by atoms with Crippen molar-refractivity contribution in [2.24, 2.45) is 11.8 Å². The van der Waals surface area contributed by atoms with Crippen molar-refractivity contribution >= 4 is 33.7 Å². The lowest BCUT2D eigenvalue weighted by atomic mass is 9.76. The van der Waals surface area contributed by atoms with Gasteiger partial charge in [0.2, 0.25) is 17.7 Å². The third-order valence-electron chi connectivity index (χ3n) is 8.77. The first-order chi connectivity index (χ1) is 19.0. The van der Waals surface area contributed by atoms with E-state index in [2.05, 4.69) is 31.3 Å². The number of carbonyl (C=O) groups excluding carboxylic acids is 3. The fourth-order valence-electron chi connectivity index (χ4n) is 7.02. The lowest BCUT2D eigenvalue weighted by Crippen LogP contribution is -2.59. The van der Waals surface area contributed by atoms with Gasteiger partial charge in [0.1, 0.15) is 6.17 Å². The van der Waals surface area contributed by atoms with Crippen molar-refractivity contribution in [3.63, 3.8) is 0 Å². The van der Waals surface area contributed by atoms with Crippen LogP contribution in [0.15, 0.2) is 11.6 Å². The van der Waals surface area contributed by atoms with E-state index < -0.39 is 60.4 Å². The highest BCUT2D eigenvalue weighted by Crippen LogP contribution is 2.40. The quantitative estimate of drug-likeness (QED) is 0.353. The summed E-state index contributed by atoms with van der Waals surface area (Å²) in [4.78, 5) is 42.2. The summed E-state index contributed by atoms with van der Waals surface area (Å²) in [5.41, 5.74) is 0.244. The predicted molar refractivity (Wildman–Crippen MR) is 138 cm³/mol. The molecular weight excluding hydrogens is 604 g/mol. The van der Waals surface area contributed by atoms with E-state index in [-0.39, 0.29) is 29.3 Å². The Morgan fingerprint density at radius 2 is 1.88 bits per heavy atom. The number of amides is 3. The zero-order chi connectivity index (χ0) is 28.6. The van der Waals surface area contributed by atoms with Crippen LogP contribution in [0, 0.1) is 11.8 Å². The molecule has 0 aromatic carbocycles. The molecule has 7 unspecified atom stereocenters. The van der Waals surface area contributed by atoms with Gasteiger partial charge >= 0.3 is 6.36 Å². The topological polar surface area (TPSA) is 100 Å². The normalized spacial score (nSPS) is 37.4. The average Bonchev–Trinajstić information content (AvgIpc) is 3.35. The molecule has 8 atom stereocenters. The molecule has 2 N–H and O–H groups in total. The number of alkyl halides is 5. The molecule has 0 spiro atoms. The first-order valence-corrected chi connectivity index (χ1v) is 14.9. The minimum absolute atomic E-state index is 0.0834. The van der Waals surface area contributed by atoms with Gasteiger partial charge in [-0.1, -0.05) is 15.9 Å². The molecule has 2 aliphatic carbocycles. The number of hydrogen-bond donors (Lipinski definition) is 2. The number of morpholine rings is 1. The highest BCUT2D eigenvalue weighted by atomic mass is 79.9. The molecule has 4 fully saturated rings. The average molecular weight is 639 g/mol. The molecule has 9 nitrogen and oxygen atoms in total. The molecule has 0 bridgehead atoms. The minimum atomic E-state index is -4.87. The maximum absolute atomic E-state index is 14.5. The monoisotopic (exact) mass is 638 g/mol. The Morgan fingerprint density at radius 1 is 1.12 bits per heavy atom. The Balaban J connectivity index is 1.31. The van der Waals surface area contributed by atoms with Gasteiger partial charge < -0.3 is 20.3 Å². The molecule has 3 amide bonds. The van der Waals surface area contributed by atoms with Gasteiger partial charge in [0.15, 0.2) is 0 Å². The van der Waals surface area contributed by atoms with Gasteiger partial charge in [-0.2, -0.15) is 0 Å². The number of nitrogens with zero attached hydrogens (tertiary/aromatic N) is 2. The number of nitrogens with one attached hydrogen (secondary N) is 2. The number of halogens is 5. The smallest absolute Gasteiger partial charge is 0.378 e. The SMILES string of the molecule is O=C1C=C(C(=O)N[C@@H]2CCN(C3C(OC(F)(F)F)CC(Br)CC3C(=O)N3CCOCC3)C2)C2CCCC(F)C2N1. The Hall–Kier alpha value is -1.77. The van der Waals surface area contributed by atoms with Crippen molar-refractivity contribution < 1.29 is 41.4 Å². The third-order valence-corrected chi connectivity index (χ3v) is 9.52. The van der Waals surface area contributed by atoms with Crippen LogP contribution in [-0.2, 0) is 23.9 Å². The van der Waals surface area contributed by atoms with Gasteiger partial charge in [-0.05, 0) is 38.5 Å². The molecule has 2 saturated heterocycles.